The molecule has 0 spiro atoms. The van der Waals surface area contributed by atoms with Crippen molar-refractivity contribution in [2.45, 2.75) is 17.9 Å². The molecule has 0 aliphatic heterocycles. The largest absolute Gasteiger partial charge is 0.451 e. The fraction of sp³-hybridized carbons (Fsp3) is 0.158. The summed E-state index contributed by atoms with van der Waals surface area (Å²) in [4.78, 5) is 4.74. The summed E-state index contributed by atoms with van der Waals surface area (Å²) in [7, 11) is -3.21. The molecule has 0 aliphatic rings. The number of benzene rings is 1. The van der Waals surface area contributed by atoms with Crippen LogP contribution in [0.2, 0.25) is 0 Å². The highest BCUT2D eigenvalue weighted by molar-refractivity contribution is 7.90. The van der Waals surface area contributed by atoms with Gasteiger partial charge >= 0.3 is 0 Å². The standard InChI is InChI=1S/C19H18N4O3S/c1-13(14-3-5-15(6-4-14)27(2,24)25)23-12-11-20-19(23)18-8-7-17(26-18)16-9-10-21-22-16/h3-13H,1-2H3,(H,21,22)/t13-/m1/s1. The number of sulfone groups is 1. The second kappa shape index (κ2) is 6.55. The lowest BCUT2D eigenvalue weighted by Crippen LogP contribution is -2.08. The number of aromatic nitrogens is 4. The number of furan rings is 1. The Hall–Kier alpha value is -3.13. The van der Waals surface area contributed by atoms with Crippen LogP contribution in [0.1, 0.15) is 18.5 Å². The summed E-state index contributed by atoms with van der Waals surface area (Å²) in [6.45, 7) is 2.03. The highest BCUT2D eigenvalue weighted by Gasteiger charge is 2.17. The molecule has 4 rings (SSSR count). The predicted molar refractivity (Wildman–Crippen MR) is 101 cm³/mol. The molecule has 1 atom stereocenters. The van der Waals surface area contributed by atoms with Crippen LogP contribution in [0.3, 0.4) is 0 Å². The van der Waals surface area contributed by atoms with Crippen LogP contribution < -0.4 is 0 Å². The average Bonchev–Trinajstić information content (AvgIpc) is 3.40. The second-order valence-electron chi connectivity index (χ2n) is 6.31. The SMILES string of the molecule is C[C@H](c1ccc(S(C)(=O)=O)cc1)n1ccnc1-c1ccc(-c2ccn[nH]2)o1. The minimum atomic E-state index is -3.21. The van der Waals surface area contributed by atoms with E-state index in [4.69, 9.17) is 4.42 Å². The summed E-state index contributed by atoms with van der Waals surface area (Å²) in [5.41, 5.74) is 1.77. The summed E-state index contributed by atoms with van der Waals surface area (Å²) < 4.78 is 31.2. The Morgan fingerprint density at radius 3 is 2.44 bits per heavy atom. The average molecular weight is 382 g/mol. The first-order valence-corrected chi connectivity index (χ1v) is 10.3. The number of aromatic amines is 1. The summed E-state index contributed by atoms with van der Waals surface area (Å²) in [5, 5.41) is 6.80. The van der Waals surface area contributed by atoms with Crippen molar-refractivity contribution in [2.24, 2.45) is 0 Å². The van der Waals surface area contributed by atoms with E-state index in [2.05, 4.69) is 15.2 Å². The van der Waals surface area contributed by atoms with Crippen LogP contribution in [-0.4, -0.2) is 34.4 Å². The molecule has 138 valence electrons. The summed E-state index contributed by atoms with van der Waals surface area (Å²) in [5.74, 6) is 2.02. The zero-order chi connectivity index (χ0) is 19.0. The van der Waals surface area contributed by atoms with E-state index in [9.17, 15) is 8.42 Å². The van der Waals surface area contributed by atoms with Gasteiger partial charge in [0.05, 0.1) is 10.9 Å². The molecule has 3 aromatic heterocycles. The number of rotatable bonds is 5. The van der Waals surface area contributed by atoms with Crippen LogP contribution in [0.4, 0.5) is 0 Å². The minimum absolute atomic E-state index is 0.0446. The fourth-order valence-electron chi connectivity index (χ4n) is 2.97. The van der Waals surface area contributed by atoms with Crippen molar-refractivity contribution < 1.29 is 12.8 Å². The lowest BCUT2D eigenvalue weighted by Gasteiger charge is -2.16. The molecule has 8 heteroatoms. The molecule has 7 nitrogen and oxygen atoms in total. The fourth-order valence-corrected chi connectivity index (χ4v) is 3.60. The van der Waals surface area contributed by atoms with Crippen molar-refractivity contribution in [1.29, 1.82) is 0 Å². The molecule has 1 aromatic carbocycles. The van der Waals surface area contributed by atoms with Crippen LogP contribution >= 0.6 is 0 Å². The Morgan fingerprint density at radius 2 is 1.78 bits per heavy atom. The van der Waals surface area contributed by atoms with Gasteiger partial charge in [-0.15, -0.1) is 0 Å². The molecular weight excluding hydrogens is 364 g/mol. The van der Waals surface area contributed by atoms with Gasteiger partial charge in [0.25, 0.3) is 0 Å². The van der Waals surface area contributed by atoms with Crippen molar-refractivity contribution in [3.63, 3.8) is 0 Å². The predicted octanol–water partition coefficient (Wildman–Crippen LogP) is 3.55. The van der Waals surface area contributed by atoms with Gasteiger partial charge in [0, 0.05) is 24.8 Å². The van der Waals surface area contributed by atoms with Crippen molar-refractivity contribution in [2.75, 3.05) is 6.26 Å². The minimum Gasteiger partial charge on any atom is -0.451 e. The van der Waals surface area contributed by atoms with E-state index in [1.165, 1.54) is 6.26 Å². The van der Waals surface area contributed by atoms with Crippen molar-refractivity contribution >= 4 is 9.84 Å². The van der Waals surface area contributed by atoms with Crippen molar-refractivity contribution in [1.82, 2.24) is 19.7 Å². The monoisotopic (exact) mass is 382 g/mol. The van der Waals surface area contributed by atoms with Crippen LogP contribution in [-0.2, 0) is 9.84 Å². The highest BCUT2D eigenvalue weighted by Crippen LogP contribution is 2.30. The summed E-state index contributed by atoms with van der Waals surface area (Å²) in [6.07, 6.45) is 6.46. The number of imidazole rings is 1. The van der Waals surface area contributed by atoms with E-state index in [0.717, 1.165) is 11.3 Å². The van der Waals surface area contributed by atoms with Gasteiger partial charge < -0.3 is 8.98 Å². The van der Waals surface area contributed by atoms with Crippen LogP contribution in [0, 0.1) is 0 Å². The van der Waals surface area contributed by atoms with Crippen LogP contribution in [0.5, 0.6) is 0 Å². The first kappa shape index (κ1) is 17.3. The maximum absolute atomic E-state index is 11.6. The van der Waals surface area contributed by atoms with Gasteiger partial charge in [-0.3, -0.25) is 5.10 Å². The van der Waals surface area contributed by atoms with Gasteiger partial charge in [0.1, 0.15) is 5.69 Å². The highest BCUT2D eigenvalue weighted by atomic mass is 32.2. The molecule has 0 amide bonds. The Bertz CT molecular complexity index is 1160. The Kier molecular flexibility index (Phi) is 4.19. The lowest BCUT2D eigenvalue weighted by atomic mass is 10.1. The zero-order valence-electron chi connectivity index (χ0n) is 14.8. The summed E-state index contributed by atoms with van der Waals surface area (Å²) >= 11 is 0. The molecular formula is C19H18N4O3S. The van der Waals surface area contributed by atoms with E-state index in [1.807, 2.05) is 48.0 Å². The Labute approximate surface area is 156 Å². The number of nitrogens with one attached hydrogen (secondary N) is 1. The quantitative estimate of drug-likeness (QED) is 0.570. The molecule has 0 fully saturated rings. The lowest BCUT2D eigenvalue weighted by molar-refractivity contribution is 0.570. The van der Waals surface area contributed by atoms with Crippen molar-refractivity contribution in [3.8, 4) is 23.0 Å². The maximum atomic E-state index is 11.6. The third-order valence-corrected chi connectivity index (χ3v) is 5.60. The van der Waals surface area contributed by atoms with E-state index >= 15 is 0 Å². The molecule has 4 aromatic rings. The Balaban J connectivity index is 1.65. The van der Waals surface area contributed by atoms with Gasteiger partial charge in [0.2, 0.25) is 0 Å². The maximum Gasteiger partial charge on any atom is 0.176 e. The first-order chi connectivity index (χ1) is 12.9. The molecule has 3 heterocycles. The number of hydrogen-bond acceptors (Lipinski definition) is 5. The summed E-state index contributed by atoms with van der Waals surface area (Å²) in [6, 6.07) is 12.4. The third kappa shape index (κ3) is 3.31. The molecule has 0 radical (unpaired) electrons. The smallest absolute Gasteiger partial charge is 0.176 e. The number of nitrogens with zero attached hydrogens (tertiary/aromatic N) is 3. The molecule has 0 aliphatic carbocycles. The Morgan fingerprint density at radius 1 is 1.04 bits per heavy atom. The van der Waals surface area contributed by atoms with Gasteiger partial charge in [-0.25, -0.2) is 13.4 Å². The van der Waals surface area contributed by atoms with Gasteiger partial charge in [-0.2, -0.15) is 5.10 Å². The molecule has 0 saturated heterocycles. The van der Waals surface area contributed by atoms with E-state index < -0.39 is 9.84 Å². The van der Waals surface area contributed by atoms with Crippen LogP contribution in [0.15, 0.2) is 70.4 Å². The van der Waals surface area contributed by atoms with E-state index in [-0.39, 0.29) is 6.04 Å². The normalized spacial score (nSPS) is 13.0. The topological polar surface area (TPSA) is 93.8 Å². The number of H-pyrrole nitrogens is 1. The van der Waals surface area contributed by atoms with Gasteiger partial charge in [-0.05, 0) is 42.8 Å². The molecule has 27 heavy (non-hydrogen) atoms. The second-order valence-corrected chi connectivity index (χ2v) is 8.33. The third-order valence-electron chi connectivity index (χ3n) is 4.47. The van der Waals surface area contributed by atoms with Crippen LogP contribution in [0.25, 0.3) is 23.0 Å². The molecule has 0 unspecified atom stereocenters. The van der Waals surface area contributed by atoms with Crippen molar-refractivity contribution in [3.05, 3.63) is 66.6 Å². The van der Waals surface area contributed by atoms with Gasteiger partial charge in [-0.1, -0.05) is 12.1 Å². The first-order valence-electron chi connectivity index (χ1n) is 8.36. The van der Waals surface area contributed by atoms with E-state index in [1.54, 1.807) is 24.5 Å². The molecule has 0 saturated carbocycles. The van der Waals surface area contributed by atoms with E-state index in [0.29, 0.717) is 22.2 Å². The molecule has 1 N–H and O–H groups in total. The number of hydrogen-bond donors (Lipinski definition) is 1. The molecule has 0 bridgehead atoms. The van der Waals surface area contributed by atoms with Gasteiger partial charge in [0.15, 0.2) is 27.2 Å². The zero-order valence-corrected chi connectivity index (χ0v) is 15.6.